The maximum Gasteiger partial charge on any atom is 0.295 e. The number of nitrogens with zero attached hydrogens (tertiary/aromatic N) is 2. The zero-order valence-corrected chi connectivity index (χ0v) is 20.4. The molecule has 1 aliphatic rings. The highest BCUT2D eigenvalue weighted by atomic mass is 32.2. The first-order valence-corrected chi connectivity index (χ1v) is 12.6. The predicted octanol–water partition coefficient (Wildman–Crippen LogP) is 4.73. The lowest BCUT2D eigenvalue weighted by Crippen LogP contribution is -2.24. The van der Waals surface area contributed by atoms with Crippen LogP contribution in [0.1, 0.15) is 37.8 Å². The SMILES string of the molecule is Cc1c(NC(=O)CSc2cccc(NC(=O)C3CCCCC3)c2)c(=O)n(-c2ccccc2)n1C. The third-order valence-corrected chi connectivity index (χ3v) is 7.26. The van der Waals surface area contributed by atoms with Crippen LogP contribution in [0, 0.1) is 12.8 Å². The summed E-state index contributed by atoms with van der Waals surface area (Å²) >= 11 is 1.36. The Bertz CT molecular complexity index is 1230. The topological polar surface area (TPSA) is 85.1 Å². The molecule has 2 N–H and O–H groups in total. The molecular formula is C26H30N4O3S. The number of hydrogen-bond acceptors (Lipinski definition) is 4. The molecule has 1 aromatic heterocycles. The molecule has 34 heavy (non-hydrogen) atoms. The average Bonchev–Trinajstić information content (AvgIpc) is 3.07. The van der Waals surface area contributed by atoms with Gasteiger partial charge in [-0.3, -0.25) is 19.1 Å². The Morgan fingerprint density at radius 3 is 2.47 bits per heavy atom. The lowest BCUT2D eigenvalue weighted by atomic mass is 9.88. The molecule has 4 rings (SSSR count). The van der Waals surface area contributed by atoms with E-state index in [1.54, 1.807) is 11.7 Å². The molecular weight excluding hydrogens is 448 g/mol. The highest BCUT2D eigenvalue weighted by Gasteiger charge is 2.21. The molecule has 8 heteroatoms. The maximum absolute atomic E-state index is 13.0. The van der Waals surface area contributed by atoms with Crippen LogP contribution in [0.5, 0.6) is 0 Å². The summed E-state index contributed by atoms with van der Waals surface area (Å²) in [5, 5.41) is 5.81. The van der Waals surface area contributed by atoms with Gasteiger partial charge < -0.3 is 10.6 Å². The van der Waals surface area contributed by atoms with E-state index in [1.807, 2.05) is 61.5 Å². The molecule has 0 unspecified atom stereocenters. The first-order valence-electron chi connectivity index (χ1n) is 11.6. The van der Waals surface area contributed by atoms with Crippen molar-refractivity contribution in [1.82, 2.24) is 9.36 Å². The number of carbonyl (C=O) groups is 2. The lowest BCUT2D eigenvalue weighted by molar-refractivity contribution is -0.120. The normalized spacial score (nSPS) is 14.1. The van der Waals surface area contributed by atoms with E-state index < -0.39 is 0 Å². The third kappa shape index (κ3) is 5.44. The maximum atomic E-state index is 13.0. The van der Waals surface area contributed by atoms with Gasteiger partial charge in [0.1, 0.15) is 5.69 Å². The summed E-state index contributed by atoms with van der Waals surface area (Å²) in [6.45, 7) is 1.81. The molecule has 2 amide bonds. The summed E-state index contributed by atoms with van der Waals surface area (Å²) in [6, 6.07) is 16.8. The van der Waals surface area contributed by atoms with E-state index in [-0.39, 0.29) is 34.7 Å². The van der Waals surface area contributed by atoms with Gasteiger partial charge in [0.05, 0.1) is 17.1 Å². The van der Waals surface area contributed by atoms with Crippen molar-refractivity contribution in [2.24, 2.45) is 13.0 Å². The van der Waals surface area contributed by atoms with Crippen molar-refractivity contribution in [3.05, 3.63) is 70.6 Å². The summed E-state index contributed by atoms with van der Waals surface area (Å²) in [6.07, 6.45) is 5.33. The van der Waals surface area contributed by atoms with E-state index >= 15 is 0 Å². The highest BCUT2D eigenvalue weighted by Crippen LogP contribution is 2.26. The van der Waals surface area contributed by atoms with Crippen LogP contribution >= 0.6 is 11.8 Å². The van der Waals surface area contributed by atoms with Crippen LogP contribution in [0.15, 0.2) is 64.3 Å². The van der Waals surface area contributed by atoms with E-state index in [2.05, 4.69) is 10.6 Å². The molecule has 0 radical (unpaired) electrons. The minimum absolute atomic E-state index is 0.0776. The summed E-state index contributed by atoms with van der Waals surface area (Å²) in [5.74, 6) is 0.0606. The van der Waals surface area contributed by atoms with Crippen LogP contribution < -0.4 is 16.2 Å². The zero-order chi connectivity index (χ0) is 24.1. The minimum Gasteiger partial charge on any atom is -0.326 e. The first kappa shape index (κ1) is 23.9. The average molecular weight is 479 g/mol. The first-order chi connectivity index (χ1) is 16.4. The van der Waals surface area contributed by atoms with Gasteiger partial charge in [-0.2, -0.15) is 0 Å². The quantitative estimate of drug-likeness (QED) is 0.481. The van der Waals surface area contributed by atoms with Gasteiger partial charge in [0.25, 0.3) is 5.56 Å². The third-order valence-electron chi connectivity index (χ3n) is 6.27. The van der Waals surface area contributed by atoms with Gasteiger partial charge in [0.15, 0.2) is 0 Å². The van der Waals surface area contributed by atoms with Gasteiger partial charge in [-0.25, -0.2) is 4.68 Å². The minimum atomic E-state index is -0.267. The fourth-order valence-electron chi connectivity index (χ4n) is 4.31. The molecule has 0 aliphatic heterocycles. The summed E-state index contributed by atoms with van der Waals surface area (Å²) in [7, 11) is 1.79. The second-order valence-electron chi connectivity index (χ2n) is 8.63. The Morgan fingerprint density at radius 2 is 1.74 bits per heavy atom. The number of benzene rings is 2. The second kappa shape index (κ2) is 10.8. The molecule has 1 aliphatic carbocycles. The van der Waals surface area contributed by atoms with E-state index in [9.17, 15) is 14.4 Å². The molecule has 0 spiro atoms. The Balaban J connectivity index is 1.38. The number of amides is 2. The Labute approximate surface area is 203 Å². The molecule has 1 fully saturated rings. The van der Waals surface area contributed by atoms with Crippen molar-refractivity contribution in [3.8, 4) is 5.69 Å². The van der Waals surface area contributed by atoms with Crippen molar-refractivity contribution in [2.75, 3.05) is 16.4 Å². The number of carbonyl (C=O) groups excluding carboxylic acids is 2. The van der Waals surface area contributed by atoms with Crippen molar-refractivity contribution < 1.29 is 9.59 Å². The number of aromatic nitrogens is 2. The van der Waals surface area contributed by atoms with E-state index in [1.165, 1.54) is 22.9 Å². The molecule has 0 bridgehead atoms. The molecule has 2 aromatic carbocycles. The molecule has 3 aromatic rings. The number of hydrogen-bond donors (Lipinski definition) is 2. The summed E-state index contributed by atoms with van der Waals surface area (Å²) in [4.78, 5) is 39.0. The van der Waals surface area contributed by atoms with Gasteiger partial charge in [-0.1, -0.05) is 43.5 Å². The van der Waals surface area contributed by atoms with Crippen molar-refractivity contribution in [3.63, 3.8) is 0 Å². The standard InChI is InChI=1S/C26H30N4O3S/c1-18-24(26(33)30(29(18)2)21-13-7-4-8-14-21)28-23(31)17-34-22-15-9-12-20(16-22)27-25(32)19-10-5-3-6-11-19/h4,7-9,12-16,19H,3,5-6,10-11,17H2,1-2H3,(H,27,32)(H,28,31). The van der Waals surface area contributed by atoms with Crippen LogP contribution in [0.3, 0.4) is 0 Å². The Kier molecular flexibility index (Phi) is 7.57. The monoisotopic (exact) mass is 478 g/mol. The highest BCUT2D eigenvalue weighted by molar-refractivity contribution is 8.00. The zero-order valence-electron chi connectivity index (χ0n) is 19.5. The number of rotatable bonds is 7. The molecule has 0 saturated heterocycles. The van der Waals surface area contributed by atoms with Crippen LogP contribution in [0.2, 0.25) is 0 Å². The molecule has 1 heterocycles. The lowest BCUT2D eigenvalue weighted by Gasteiger charge is -2.20. The van der Waals surface area contributed by atoms with Gasteiger partial charge in [-0.15, -0.1) is 11.8 Å². The summed E-state index contributed by atoms with van der Waals surface area (Å²) in [5.41, 5.74) is 2.17. The molecule has 7 nitrogen and oxygen atoms in total. The van der Waals surface area contributed by atoms with Gasteiger partial charge in [0.2, 0.25) is 11.8 Å². The van der Waals surface area contributed by atoms with E-state index in [0.717, 1.165) is 42.0 Å². The van der Waals surface area contributed by atoms with E-state index in [0.29, 0.717) is 5.69 Å². The number of para-hydroxylation sites is 1. The smallest absolute Gasteiger partial charge is 0.295 e. The largest absolute Gasteiger partial charge is 0.326 e. The predicted molar refractivity (Wildman–Crippen MR) is 137 cm³/mol. The number of thioether (sulfide) groups is 1. The Hall–Kier alpha value is -3.26. The van der Waals surface area contributed by atoms with Crippen molar-refractivity contribution in [2.45, 2.75) is 43.9 Å². The van der Waals surface area contributed by atoms with Gasteiger partial charge >= 0.3 is 0 Å². The van der Waals surface area contributed by atoms with Gasteiger partial charge in [0, 0.05) is 23.5 Å². The fraction of sp³-hybridized carbons (Fsp3) is 0.346. The van der Waals surface area contributed by atoms with Crippen LogP contribution in [0.4, 0.5) is 11.4 Å². The van der Waals surface area contributed by atoms with Gasteiger partial charge in [-0.05, 0) is 50.1 Å². The molecule has 1 saturated carbocycles. The van der Waals surface area contributed by atoms with Crippen molar-refractivity contribution >= 4 is 35.0 Å². The summed E-state index contributed by atoms with van der Waals surface area (Å²) < 4.78 is 3.27. The Morgan fingerprint density at radius 1 is 1.00 bits per heavy atom. The number of nitrogens with one attached hydrogen (secondary N) is 2. The van der Waals surface area contributed by atoms with E-state index in [4.69, 9.17) is 0 Å². The second-order valence-corrected chi connectivity index (χ2v) is 9.67. The molecule has 178 valence electrons. The van der Waals surface area contributed by atoms with Crippen molar-refractivity contribution in [1.29, 1.82) is 0 Å². The van der Waals surface area contributed by atoms with Crippen LogP contribution in [-0.2, 0) is 16.6 Å². The van der Waals surface area contributed by atoms with Crippen LogP contribution in [0.25, 0.3) is 5.69 Å². The van der Waals surface area contributed by atoms with Crippen LogP contribution in [-0.4, -0.2) is 26.9 Å². The fourth-order valence-corrected chi connectivity index (χ4v) is 5.06. The molecule has 0 atom stereocenters. The number of anilines is 2.